The fourth-order valence-corrected chi connectivity index (χ4v) is 2.10. The van der Waals surface area contributed by atoms with Gasteiger partial charge in [-0.25, -0.2) is 9.67 Å². The molecule has 0 unspecified atom stereocenters. The summed E-state index contributed by atoms with van der Waals surface area (Å²) in [6, 6.07) is 3.32. The van der Waals surface area contributed by atoms with E-state index in [2.05, 4.69) is 10.1 Å². The highest BCUT2D eigenvalue weighted by Crippen LogP contribution is 2.25. The summed E-state index contributed by atoms with van der Waals surface area (Å²) in [5, 5.41) is 4.20. The molecule has 0 saturated carbocycles. The van der Waals surface area contributed by atoms with Crippen molar-refractivity contribution in [2.45, 2.75) is 6.54 Å². The van der Waals surface area contributed by atoms with Gasteiger partial charge in [-0.1, -0.05) is 0 Å². The normalized spacial score (nSPS) is 14.3. The predicted octanol–water partition coefficient (Wildman–Crippen LogP) is 1.11. The molecule has 3 rings (SSSR count). The Labute approximate surface area is 103 Å². The molecule has 0 aliphatic carbocycles. The third-order valence-corrected chi connectivity index (χ3v) is 2.91. The van der Waals surface area contributed by atoms with E-state index in [1.807, 2.05) is 18.1 Å². The predicted molar refractivity (Wildman–Crippen MR) is 64.9 cm³/mol. The zero-order valence-corrected chi connectivity index (χ0v) is 9.84. The molecule has 6 heteroatoms. The molecule has 0 fully saturated rings. The quantitative estimate of drug-likeness (QED) is 0.764. The molecule has 18 heavy (non-hydrogen) atoms. The first-order chi connectivity index (χ1) is 8.66. The molecule has 0 spiro atoms. The van der Waals surface area contributed by atoms with Crippen molar-refractivity contribution in [3.05, 3.63) is 47.9 Å². The number of nitrogens with two attached hydrogens (primary N) is 1. The van der Waals surface area contributed by atoms with Gasteiger partial charge in [0.2, 0.25) is 5.95 Å². The topological polar surface area (TPSA) is 60.0 Å². The summed E-state index contributed by atoms with van der Waals surface area (Å²) in [5.74, 6) is -0.542. The highest BCUT2D eigenvalue weighted by atomic mass is 19.1. The Morgan fingerprint density at radius 3 is 3.06 bits per heavy atom. The van der Waals surface area contributed by atoms with E-state index in [9.17, 15) is 4.39 Å². The monoisotopic (exact) mass is 245 g/mol. The largest absolute Gasteiger partial charge is 0.397 e. The summed E-state index contributed by atoms with van der Waals surface area (Å²) in [5.41, 5.74) is 8.60. The highest BCUT2D eigenvalue weighted by molar-refractivity contribution is 5.66. The minimum atomic E-state index is -0.542. The summed E-state index contributed by atoms with van der Waals surface area (Å²) < 4.78 is 15.2. The molecule has 0 bridgehead atoms. The van der Waals surface area contributed by atoms with E-state index in [0.29, 0.717) is 17.9 Å². The third kappa shape index (κ3) is 1.54. The van der Waals surface area contributed by atoms with E-state index in [1.165, 1.54) is 6.20 Å². The molecule has 1 aliphatic heterocycles. The maximum Gasteiger partial charge on any atom is 0.238 e. The minimum absolute atomic E-state index is 0.335. The first-order valence-electron chi connectivity index (χ1n) is 5.52. The van der Waals surface area contributed by atoms with Crippen molar-refractivity contribution < 1.29 is 4.39 Å². The van der Waals surface area contributed by atoms with Crippen molar-refractivity contribution in [3.63, 3.8) is 0 Å². The van der Waals surface area contributed by atoms with Crippen molar-refractivity contribution in [2.75, 3.05) is 7.05 Å². The highest BCUT2D eigenvalue weighted by Gasteiger charge is 2.20. The van der Waals surface area contributed by atoms with E-state index >= 15 is 0 Å². The van der Waals surface area contributed by atoms with Gasteiger partial charge >= 0.3 is 0 Å². The second-order valence-corrected chi connectivity index (χ2v) is 4.23. The van der Waals surface area contributed by atoms with Crippen molar-refractivity contribution in [2.24, 2.45) is 5.73 Å². The van der Waals surface area contributed by atoms with Gasteiger partial charge in [0, 0.05) is 25.0 Å². The number of aromatic nitrogens is 3. The van der Waals surface area contributed by atoms with Crippen LogP contribution in [0.1, 0.15) is 11.3 Å². The van der Waals surface area contributed by atoms with E-state index < -0.39 is 5.95 Å². The van der Waals surface area contributed by atoms with Crippen molar-refractivity contribution in [1.82, 2.24) is 19.7 Å². The van der Waals surface area contributed by atoms with Gasteiger partial charge in [0.15, 0.2) is 0 Å². The molecule has 0 radical (unpaired) electrons. The smallest absolute Gasteiger partial charge is 0.238 e. The summed E-state index contributed by atoms with van der Waals surface area (Å²) in [7, 11) is 1.91. The first-order valence-corrected chi connectivity index (χ1v) is 5.52. The first kappa shape index (κ1) is 10.8. The van der Waals surface area contributed by atoms with Gasteiger partial charge in [-0.3, -0.25) is 0 Å². The summed E-state index contributed by atoms with van der Waals surface area (Å²) in [4.78, 5) is 5.57. The molecule has 2 N–H and O–H groups in total. The van der Waals surface area contributed by atoms with Gasteiger partial charge in [-0.05, 0) is 12.1 Å². The molecule has 3 heterocycles. The van der Waals surface area contributed by atoms with Crippen LogP contribution in [0.4, 0.5) is 4.39 Å². The van der Waals surface area contributed by atoms with Gasteiger partial charge in [0.1, 0.15) is 5.69 Å². The van der Waals surface area contributed by atoms with Crippen molar-refractivity contribution in [3.8, 4) is 5.69 Å². The van der Waals surface area contributed by atoms with Gasteiger partial charge in [0.25, 0.3) is 0 Å². The lowest BCUT2D eigenvalue weighted by Crippen LogP contribution is -2.22. The summed E-state index contributed by atoms with van der Waals surface area (Å²) in [6.07, 6.45) is 4.91. The number of pyridine rings is 1. The molecular formula is C12H12FN5. The second kappa shape index (κ2) is 3.83. The molecule has 2 aromatic heterocycles. The number of rotatable bonds is 1. The molecular weight excluding hydrogens is 233 g/mol. The zero-order valence-electron chi connectivity index (χ0n) is 9.84. The Kier molecular flexibility index (Phi) is 2.29. The Hall–Kier alpha value is -2.37. The molecule has 0 aromatic carbocycles. The average Bonchev–Trinajstić information content (AvgIpc) is 2.73. The summed E-state index contributed by atoms with van der Waals surface area (Å²) in [6.45, 7) is 0.629. The van der Waals surface area contributed by atoms with Crippen molar-refractivity contribution in [1.29, 1.82) is 0 Å². The number of hydrogen-bond donors (Lipinski definition) is 1. The fourth-order valence-electron chi connectivity index (χ4n) is 2.10. The van der Waals surface area contributed by atoms with Crippen LogP contribution in [0.2, 0.25) is 0 Å². The van der Waals surface area contributed by atoms with Crippen LogP contribution < -0.4 is 5.73 Å². The van der Waals surface area contributed by atoms with Gasteiger partial charge in [-0.15, -0.1) is 0 Å². The molecule has 92 valence electrons. The van der Waals surface area contributed by atoms with Crippen LogP contribution >= 0.6 is 0 Å². The Morgan fingerprint density at radius 1 is 1.44 bits per heavy atom. The minimum Gasteiger partial charge on any atom is -0.397 e. The van der Waals surface area contributed by atoms with Gasteiger partial charge < -0.3 is 10.6 Å². The maximum absolute atomic E-state index is 13.7. The summed E-state index contributed by atoms with van der Waals surface area (Å²) >= 11 is 0. The van der Waals surface area contributed by atoms with Gasteiger partial charge in [-0.2, -0.15) is 9.49 Å². The van der Waals surface area contributed by atoms with Crippen LogP contribution in [-0.2, 0) is 6.54 Å². The Balaban J connectivity index is 2.17. The van der Waals surface area contributed by atoms with Crippen LogP contribution in [-0.4, -0.2) is 26.7 Å². The molecule has 1 aliphatic rings. The number of nitrogens with zero attached hydrogens (tertiary/aromatic N) is 4. The van der Waals surface area contributed by atoms with Crippen molar-refractivity contribution >= 4 is 5.70 Å². The lowest BCUT2D eigenvalue weighted by Gasteiger charge is -2.22. The van der Waals surface area contributed by atoms with Gasteiger partial charge in [0.05, 0.1) is 24.1 Å². The zero-order chi connectivity index (χ0) is 12.7. The third-order valence-electron chi connectivity index (χ3n) is 2.91. The standard InChI is InChI=1S/C12H12FN5/c1-17-6-9(14)8-5-16-18(11(8)7-17)10-3-2-4-15-12(10)13/h2-6H,7,14H2,1H3. The van der Waals surface area contributed by atoms with E-state index in [-0.39, 0.29) is 0 Å². The molecule has 5 nitrogen and oxygen atoms in total. The average molecular weight is 245 g/mol. The number of fused-ring (bicyclic) bond motifs is 1. The Morgan fingerprint density at radius 2 is 2.28 bits per heavy atom. The molecule has 2 aromatic rings. The molecule has 0 atom stereocenters. The van der Waals surface area contributed by atoms with Crippen LogP contribution in [0.25, 0.3) is 11.4 Å². The fraction of sp³-hybridized carbons (Fsp3) is 0.167. The Bertz CT molecular complexity index is 631. The number of hydrogen-bond acceptors (Lipinski definition) is 4. The van der Waals surface area contributed by atoms with Crippen LogP contribution in [0.15, 0.2) is 30.7 Å². The maximum atomic E-state index is 13.7. The van der Waals surface area contributed by atoms with E-state index in [1.54, 1.807) is 23.0 Å². The van der Waals surface area contributed by atoms with Crippen LogP contribution in [0, 0.1) is 5.95 Å². The number of halogens is 1. The van der Waals surface area contributed by atoms with E-state index in [0.717, 1.165) is 11.3 Å². The van der Waals surface area contributed by atoms with E-state index in [4.69, 9.17) is 5.73 Å². The lowest BCUT2D eigenvalue weighted by atomic mass is 10.1. The van der Waals surface area contributed by atoms with Crippen LogP contribution in [0.5, 0.6) is 0 Å². The molecule has 0 amide bonds. The SMILES string of the molecule is CN1C=C(N)c2cnn(-c3cccnc3F)c2C1. The second-order valence-electron chi connectivity index (χ2n) is 4.23. The van der Waals surface area contributed by atoms with Crippen LogP contribution in [0.3, 0.4) is 0 Å². The lowest BCUT2D eigenvalue weighted by molar-refractivity contribution is 0.429. The molecule has 0 saturated heterocycles.